The van der Waals surface area contributed by atoms with E-state index in [0.29, 0.717) is 78.6 Å². The van der Waals surface area contributed by atoms with Crippen LogP contribution in [0.15, 0.2) is 54.7 Å². The Hall–Kier alpha value is -5.45. The molecule has 3 aromatic rings. The second-order valence-electron chi connectivity index (χ2n) is 20.4. The van der Waals surface area contributed by atoms with Gasteiger partial charge < -0.3 is 29.5 Å². The monoisotopic (exact) mass is 926 g/mol. The summed E-state index contributed by atoms with van der Waals surface area (Å²) < 4.78 is 46.2. The van der Waals surface area contributed by atoms with Crippen molar-refractivity contribution in [3.63, 3.8) is 0 Å². The highest BCUT2D eigenvalue weighted by Gasteiger charge is 2.63. The smallest absolute Gasteiger partial charge is 0.408 e. The molecule has 17 heteroatoms. The predicted molar refractivity (Wildman–Crippen MR) is 245 cm³/mol. The van der Waals surface area contributed by atoms with Crippen LogP contribution >= 0.6 is 0 Å². The Kier molecular flexibility index (Phi) is 12.0. The second-order valence-corrected chi connectivity index (χ2v) is 22.6. The van der Waals surface area contributed by atoms with E-state index >= 15 is 4.79 Å². The van der Waals surface area contributed by atoms with Crippen LogP contribution in [-0.2, 0) is 24.4 Å². The van der Waals surface area contributed by atoms with Crippen molar-refractivity contribution in [2.24, 2.45) is 29.6 Å². The van der Waals surface area contributed by atoms with Gasteiger partial charge in [0.1, 0.15) is 29.5 Å². The highest BCUT2D eigenvalue weighted by molar-refractivity contribution is 7.91. The zero-order valence-electron chi connectivity index (χ0n) is 38.6. The third kappa shape index (κ3) is 8.91. The Morgan fingerprint density at radius 3 is 2.45 bits per heavy atom. The minimum absolute atomic E-state index is 0.0172. The molecule has 9 rings (SSSR count). The summed E-state index contributed by atoms with van der Waals surface area (Å²) in [6.07, 6.45) is 8.87. The number of nitrogens with one attached hydrogen (secondary N) is 2. The minimum Gasteiger partial charge on any atom is -0.497 e. The molecule has 66 heavy (non-hydrogen) atoms. The summed E-state index contributed by atoms with van der Waals surface area (Å²) in [6, 6.07) is 8.37. The normalized spacial score (nSPS) is 31.9. The van der Waals surface area contributed by atoms with Crippen LogP contribution in [0.5, 0.6) is 17.5 Å². The van der Waals surface area contributed by atoms with Gasteiger partial charge in [0.15, 0.2) is 0 Å². The Bertz CT molecular complexity index is 2540. The number of allylic oxidation sites excluding steroid dienone is 1. The molecule has 0 bridgehead atoms. The standard InChI is InChI=1S/C49H62N6O10S/c1-27(2)64-41-14-11-30(25-50-41)39-22-33-21-36(63-6)12-13-38(33)44(51-39)65-37-23-40-43(56)52-49(46(58)53-66(61,62)48(5)15-16-48)24-34(49)10-8-7-9-28(3)17-29(4)42(45(57)54(40)26-37)55(47(59)60)35-19-31-18-32(31)20-35/h8,10-14,21-22,25,27-29,31-32,34-35,37,40,42H,7,9,15-20,23-24,26H2,1-6H3,(H,52,56)(H,53,58)(H,59,60)/b10-8-/t28-,29-,31+,32?,34-,35-,37-,40+,42+,49-/m1/s1. The first kappa shape index (κ1) is 45.7. The number of fused-ring (bicyclic) bond motifs is 4. The third-order valence-electron chi connectivity index (χ3n) is 15.0. The lowest BCUT2D eigenvalue weighted by atomic mass is 9.86. The van der Waals surface area contributed by atoms with Crippen LogP contribution < -0.4 is 24.2 Å². The first-order chi connectivity index (χ1) is 31.4. The van der Waals surface area contributed by atoms with Crippen molar-refractivity contribution in [3.8, 4) is 28.8 Å². The van der Waals surface area contributed by atoms with Crippen LogP contribution in [0.1, 0.15) is 98.8 Å². The number of ether oxygens (including phenoxy) is 3. The van der Waals surface area contributed by atoms with Crippen molar-refractivity contribution in [2.45, 2.75) is 139 Å². The summed E-state index contributed by atoms with van der Waals surface area (Å²) >= 11 is 0. The van der Waals surface area contributed by atoms with E-state index in [1.54, 1.807) is 32.4 Å². The van der Waals surface area contributed by atoms with Gasteiger partial charge in [-0.1, -0.05) is 26.0 Å². The lowest BCUT2D eigenvalue weighted by Crippen LogP contribution is -2.61. The molecule has 354 valence electrons. The van der Waals surface area contributed by atoms with Crippen LogP contribution in [0.3, 0.4) is 0 Å². The fraction of sp³-hybridized carbons (Fsp3) is 0.592. The maximum Gasteiger partial charge on any atom is 0.408 e. The SMILES string of the molecule is COc1ccc2c(O[C@@H]3C[C@H]4C(=O)N[C@]5(C(=O)NS(=O)(=O)C6(C)CC6)C[C@H]5/C=C\CC[C@@H](C)C[C@@H](C)[C@H](N(C(=O)O)[C@H]5CC6C[C@H]6C5)C(=O)N4C3)nc(-c3ccc(OC(C)C)nc3)cc2c1. The van der Waals surface area contributed by atoms with Gasteiger partial charge in [-0.2, -0.15) is 0 Å². The molecule has 1 saturated heterocycles. The van der Waals surface area contributed by atoms with Crippen molar-refractivity contribution in [3.05, 3.63) is 54.7 Å². The molecule has 16 nitrogen and oxygen atoms in total. The molecule has 1 unspecified atom stereocenters. The number of benzene rings is 1. The minimum atomic E-state index is -4.05. The number of carbonyl (C=O) groups is 4. The summed E-state index contributed by atoms with van der Waals surface area (Å²) in [7, 11) is -2.47. The molecular formula is C49H62N6O10S. The van der Waals surface area contributed by atoms with Crippen molar-refractivity contribution in [1.29, 1.82) is 0 Å². The molecule has 6 aliphatic rings. The molecule has 0 spiro atoms. The number of carbonyl (C=O) groups excluding carboxylic acids is 3. The van der Waals surface area contributed by atoms with E-state index in [1.807, 2.05) is 57.2 Å². The maximum atomic E-state index is 15.5. The zero-order chi connectivity index (χ0) is 46.9. The molecule has 2 aliphatic heterocycles. The molecule has 1 aromatic carbocycles. The number of aromatic nitrogens is 2. The van der Waals surface area contributed by atoms with Crippen molar-refractivity contribution in [2.75, 3.05) is 13.7 Å². The third-order valence-corrected chi connectivity index (χ3v) is 17.2. The van der Waals surface area contributed by atoms with E-state index in [9.17, 15) is 27.9 Å². The summed E-state index contributed by atoms with van der Waals surface area (Å²) in [4.78, 5) is 70.4. The van der Waals surface area contributed by atoms with E-state index in [-0.39, 0.29) is 43.3 Å². The number of nitrogens with zero attached hydrogens (tertiary/aromatic N) is 4. The number of amides is 4. The van der Waals surface area contributed by atoms with E-state index in [4.69, 9.17) is 19.2 Å². The summed E-state index contributed by atoms with van der Waals surface area (Å²) in [5.74, 6) is -0.544. The fourth-order valence-electron chi connectivity index (χ4n) is 10.8. The Morgan fingerprint density at radius 2 is 1.79 bits per heavy atom. The van der Waals surface area contributed by atoms with Crippen molar-refractivity contribution >= 4 is 44.6 Å². The molecule has 10 atom stereocenters. The summed E-state index contributed by atoms with van der Waals surface area (Å²) in [5.41, 5.74) is -0.347. The molecule has 4 amide bonds. The van der Waals surface area contributed by atoms with E-state index in [1.165, 1.54) is 9.80 Å². The molecular weight excluding hydrogens is 865 g/mol. The Morgan fingerprint density at radius 1 is 1.03 bits per heavy atom. The lowest BCUT2D eigenvalue weighted by molar-refractivity contribution is -0.145. The number of hydrogen-bond acceptors (Lipinski definition) is 11. The van der Waals surface area contributed by atoms with Crippen molar-refractivity contribution < 1.29 is 46.9 Å². The number of rotatable bonds is 11. The van der Waals surface area contributed by atoms with E-state index < -0.39 is 74.1 Å². The van der Waals surface area contributed by atoms with Crippen LogP contribution in [0, 0.1) is 29.6 Å². The van der Waals surface area contributed by atoms with Gasteiger partial charge in [0.2, 0.25) is 33.6 Å². The van der Waals surface area contributed by atoms with Gasteiger partial charge in [-0.05, 0) is 138 Å². The zero-order valence-corrected chi connectivity index (χ0v) is 39.4. The van der Waals surface area contributed by atoms with E-state index in [2.05, 4.69) is 21.9 Å². The molecule has 5 fully saturated rings. The quantitative estimate of drug-likeness (QED) is 0.177. The highest BCUT2D eigenvalue weighted by atomic mass is 32.2. The van der Waals surface area contributed by atoms with Crippen LogP contribution in [0.4, 0.5) is 4.79 Å². The first-order valence-electron chi connectivity index (χ1n) is 23.5. The topological polar surface area (TPSA) is 207 Å². The second kappa shape index (κ2) is 17.3. The molecule has 4 heterocycles. The molecule has 4 saturated carbocycles. The van der Waals surface area contributed by atoms with Gasteiger partial charge >= 0.3 is 6.09 Å². The number of sulfonamides is 1. The fourth-order valence-corrected chi connectivity index (χ4v) is 12.1. The van der Waals surface area contributed by atoms with Gasteiger partial charge in [-0.25, -0.2) is 23.2 Å². The van der Waals surface area contributed by atoms with Gasteiger partial charge in [-0.15, -0.1) is 0 Å². The average Bonchev–Trinajstić information content (AvgIpc) is 4.23. The number of carboxylic acid groups (broad SMARTS) is 1. The van der Waals surface area contributed by atoms with Gasteiger partial charge in [0, 0.05) is 41.6 Å². The van der Waals surface area contributed by atoms with Gasteiger partial charge in [-0.3, -0.25) is 24.0 Å². The van der Waals surface area contributed by atoms with Crippen LogP contribution in [0.2, 0.25) is 0 Å². The Balaban J connectivity index is 1.09. The largest absolute Gasteiger partial charge is 0.497 e. The summed E-state index contributed by atoms with van der Waals surface area (Å²) in [6.45, 7) is 9.37. The predicted octanol–water partition coefficient (Wildman–Crippen LogP) is 6.47. The van der Waals surface area contributed by atoms with Crippen LogP contribution in [0.25, 0.3) is 22.0 Å². The average molecular weight is 927 g/mol. The number of methoxy groups -OCH3 is 1. The molecule has 2 aromatic heterocycles. The van der Waals surface area contributed by atoms with Crippen molar-refractivity contribution in [1.82, 2.24) is 29.8 Å². The molecule has 0 radical (unpaired) electrons. The highest BCUT2D eigenvalue weighted by Crippen LogP contribution is 2.54. The first-order valence-corrected chi connectivity index (χ1v) is 25.0. The van der Waals surface area contributed by atoms with Gasteiger partial charge in [0.25, 0.3) is 5.91 Å². The maximum absolute atomic E-state index is 15.5. The lowest BCUT2D eigenvalue weighted by Gasteiger charge is -2.40. The van der Waals surface area contributed by atoms with Gasteiger partial charge in [0.05, 0.1) is 30.2 Å². The molecule has 3 N–H and O–H groups in total. The number of hydrogen-bond donors (Lipinski definition) is 3. The van der Waals surface area contributed by atoms with E-state index in [0.717, 1.165) is 18.2 Å². The Labute approximate surface area is 386 Å². The summed E-state index contributed by atoms with van der Waals surface area (Å²) in [5, 5.41) is 15.3. The molecule has 4 aliphatic carbocycles. The number of pyridine rings is 2. The van der Waals surface area contributed by atoms with Crippen LogP contribution in [-0.4, -0.2) is 111 Å².